The smallest absolute Gasteiger partial charge is 0.225 e. The molecule has 0 radical (unpaired) electrons. The van der Waals surface area contributed by atoms with Gasteiger partial charge in [0.05, 0.1) is 6.54 Å². The molecule has 2 fully saturated rings. The summed E-state index contributed by atoms with van der Waals surface area (Å²) in [6.07, 6.45) is 4.87. The number of nitrogens with one attached hydrogen (secondary N) is 2. The predicted molar refractivity (Wildman–Crippen MR) is 113 cm³/mol. The molecule has 0 bridgehead atoms. The Morgan fingerprint density at radius 2 is 1.92 bits per heavy atom. The zero-order valence-corrected chi connectivity index (χ0v) is 17.5. The molecule has 0 aromatic carbocycles. The second-order valence-corrected chi connectivity index (χ2v) is 6.60. The van der Waals surface area contributed by atoms with E-state index in [1.54, 1.807) is 12.4 Å². The fraction of sp³-hybridized carbons (Fsp3) is 0.706. The van der Waals surface area contributed by atoms with Crippen LogP contribution >= 0.6 is 24.0 Å². The van der Waals surface area contributed by atoms with E-state index in [4.69, 9.17) is 4.99 Å². The molecule has 25 heavy (non-hydrogen) atoms. The number of halogens is 1. The molecule has 2 unspecified atom stereocenters. The van der Waals surface area contributed by atoms with Crippen molar-refractivity contribution in [2.75, 3.05) is 50.7 Å². The zero-order chi connectivity index (χ0) is 16.8. The maximum atomic E-state index is 4.71. The fourth-order valence-electron chi connectivity index (χ4n) is 2.95. The number of anilines is 1. The van der Waals surface area contributed by atoms with Gasteiger partial charge in [-0.25, -0.2) is 9.97 Å². The largest absolute Gasteiger partial charge is 0.357 e. The van der Waals surface area contributed by atoms with E-state index < -0.39 is 0 Å². The molecule has 1 aromatic heterocycles. The third kappa shape index (κ3) is 6.25. The Morgan fingerprint density at radius 3 is 2.52 bits per heavy atom. The minimum Gasteiger partial charge on any atom is -0.357 e. The Balaban J connectivity index is 0.00000225. The van der Waals surface area contributed by atoms with Crippen LogP contribution < -0.4 is 15.5 Å². The molecule has 1 aromatic rings. The second-order valence-electron chi connectivity index (χ2n) is 6.60. The fourth-order valence-corrected chi connectivity index (χ4v) is 2.95. The van der Waals surface area contributed by atoms with Crippen molar-refractivity contribution >= 4 is 35.9 Å². The van der Waals surface area contributed by atoms with Gasteiger partial charge in [0.25, 0.3) is 0 Å². The molecular formula is C17H30IN7. The first-order valence-corrected chi connectivity index (χ1v) is 9.05. The number of piperazine rings is 1. The summed E-state index contributed by atoms with van der Waals surface area (Å²) in [7, 11) is 0. The highest BCUT2D eigenvalue weighted by Gasteiger charge is 2.33. The lowest BCUT2D eigenvalue weighted by molar-refractivity contribution is 0.263. The van der Waals surface area contributed by atoms with Crippen LogP contribution in [0.5, 0.6) is 0 Å². The molecular weight excluding hydrogens is 429 g/mol. The lowest BCUT2D eigenvalue weighted by Gasteiger charge is -2.34. The highest BCUT2D eigenvalue weighted by Crippen LogP contribution is 2.28. The number of nitrogens with zero attached hydrogens (tertiary/aromatic N) is 5. The van der Waals surface area contributed by atoms with E-state index in [0.29, 0.717) is 6.04 Å². The van der Waals surface area contributed by atoms with Crippen molar-refractivity contribution in [1.82, 2.24) is 25.5 Å². The van der Waals surface area contributed by atoms with Gasteiger partial charge >= 0.3 is 0 Å². The molecule has 1 saturated carbocycles. The Kier molecular flexibility index (Phi) is 8.14. The van der Waals surface area contributed by atoms with E-state index in [1.807, 2.05) is 6.07 Å². The average Bonchev–Trinajstić information content (AvgIpc) is 3.31. The van der Waals surface area contributed by atoms with Gasteiger partial charge in [-0.05, 0) is 25.3 Å². The van der Waals surface area contributed by atoms with Gasteiger partial charge in [0.1, 0.15) is 0 Å². The number of aliphatic imine (C=N–C) groups is 1. The van der Waals surface area contributed by atoms with Gasteiger partial charge in [-0.1, -0.05) is 6.92 Å². The molecule has 140 valence electrons. The molecule has 0 spiro atoms. The third-order valence-corrected chi connectivity index (χ3v) is 4.67. The molecule has 7 nitrogen and oxygen atoms in total. The standard InChI is InChI=1S/C17H29N7.HI/c1-3-18-16(22-15-13-14(15)2)19-7-8-23-9-11-24(12-10-23)17-20-5-4-6-21-17;/h4-6,14-15H,3,7-13H2,1-2H3,(H2,18,19,22);1H. The van der Waals surface area contributed by atoms with E-state index in [0.717, 1.165) is 63.6 Å². The third-order valence-electron chi connectivity index (χ3n) is 4.67. The number of aromatic nitrogens is 2. The summed E-state index contributed by atoms with van der Waals surface area (Å²) in [6, 6.07) is 2.47. The van der Waals surface area contributed by atoms with Crippen LogP contribution in [0.1, 0.15) is 20.3 Å². The number of rotatable bonds is 6. The van der Waals surface area contributed by atoms with E-state index in [9.17, 15) is 0 Å². The number of guanidine groups is 1. The Bertz CT molecular complexity index is 531. The van der Waals surface area contributed by atoms with E-state index in [-0.39, 0.29) is 24.0 Å². The second kappa shape index (κ2) is 10.1. The lowest BCUT2D eigenvalue weighted by atomic mass is 10.3. The predicted octanol–water partition coefficient (Wildman–Crippen LogP) is 1.18. The van der Waals surface area contributed by atoms with E-state index in [1.165, 1.54) is 6.42 Å². The van der Waals surface area contributed by atoms with Crippen LogP contribution in [0.3, 0.4) is 0 Å². The van der Waals surface area contributed by atoms with Crippen LogP contribution in [0, 0.1) is 5.92 Å². The molecule has 3 rings (SSSR count). The van der Waals surface area contributed by atoms with Gasteiger partial charge in [0.2, 0.25) is 5.95 Å². The minimum atomic E-state index is 0. The first-order chi connectivity index (χ1) is 11.8. The normalized spacial score (nSPS) is 23.8. The van der Waals surface area contributed by atoms with Crippen LogP contribution in [0.15, 0.2) is 23.5 Å². The maximum Gasteiger partial charge on any atom is 0.225 e. The van der Waals surface area contributed by atoms with Gasteiger partial charge in [-0.2, -0.15) is 0 Å². The summed E-state index contributed by atoms with van der Waals surface area (Å²) in [4.78, 5) is 18.1. The van der Waals surface area contributed by atoms with Crippen molar-refractivity contribution in [2.45, 2.75) is 26.3 Å². The molecule has 2 N–H and O–H groups in total. The average molecular weight is 459 g/mol. The quantitative estimate of drug-likeness (QED) is 0.379. The summed E-state index contributed by atoms with van der Waals surface area (Å²) < 4.78 is 0. The summed E-state index contributed by atoms with van der Waals surface area (Å²) in [5.74, 6) is 2.58. The first-order valence-electron chi connectivity index (χ1n) is 9.05. The highest BCUT2D eigenvalue weighted by atomic mass is 127. The Morgan fingerprint density at radius 1 is 1.24 bits per heavy atom. The maximum absolute atomic E-state index is 4.71. The van der Waals surface area contributed by atoms with Crippen LogP contribution in [0.25, 0.3) is 0 Å². The Hall–Kier alpha value is -1.16. The summed E-state index contributed by atoms with van der Waals surface area (Å²) in [6.45, 7) is 11.2. The SMILES string of the molecule is CCNC(=NCCN1CCN(c2ncccn2)CC1)NC1CC1C.I. The molecule has 2 atom stereocenters. The van der Waals surface area contributed by atoms with Crippen molar-refractivity contribution in [3.05, 3.63) is 18.5 Å². The molecule has 0 amide bonds. The molecule has 2 heterocycles. The molecule has 1 aliphatic heterocycles. The van der Waals surface area contributed by atoms with Crippen LogP contribution in [0.2, 0.25) is 0 Å². The summed E-state index contributed by atoms with van der Waals surface area (Å²) >= 11 is 0. The Labute approximate surface area is 167 Å². The molecule has 2 aliphatic rings. The van der Waals surface area contributed by atoms with Gasteiger partial charge < -0.3 is 15.5 Å². The van der Waals surface area contributed by atoms with Crippen LogP contribution in [0.4, 0.5) is 5.95 Å². The van der Waals surface area contributed by atoms with Crippen molar-refractivity contribution in [3.8, 4) is 0 Å². The topological polar surface area (TPSA) is 68.7 Å². The van der Waals surface area contributed by atoms with E-state index in [2.05, 4.69) is 44.2 Å². The number of hydrogen-bond acceptors (Lipinski definition) is 5. The summed E-state index contributed by atoms with van der Waals surface area (Å²) in [5, 5.41) is 6.84. The van der Waals surface area contributed by atoms with Crippen molar-refractivity contribution in [2.24, 2.45) is 10.9 Å². The van der Waals surface area contributed by atoms with Gasteiger partial charge in [0.15, 0.2) is 5.96 Å². The van der Waals surface area contributed by atoms with Gasteiger partial charge in [0, 0.05) is 57.7 Å². The molecule has 1 saturated heterocycles. The zero-order valence-electron chi connectivity index (χ0n) is 15.2. The van der Waals surface area contributed by atoms with Crippen LogP contribution in [-0.4, -0.2) is 72.7 Å². The van der Waals surface area contributed by atoms with E-state index >= 15 is 0 Å². The monoisotopic (exact) mass is 459 g/mol. The highest BCUT2D eigenvalue weighted by molar-refractivity contribution is 14.0. The first kappa shape index (κ1) is 20.2. The number of hydrogen-bond donors (Lipinski definition) is 2. The minimum absolute atomic E-state index is 0. The van der Waals surface area contributed by atoms with Crippen molar-refractivity contribution in [1.29, 1.82) is 0 Å². The summed E-state index contributed by atoms with van der Waals surface area (Å²) in [5.41, 5.74) is 0. The van der Waals surface area contributed by atoms with Crippen molar-refractivity contribution in [3.63, 3.8) is 0 Å². The van der Waals surface area contributed by atoms with Crippen LogP contribution in [-0.2, 0) is 0 Å². The van der Waals surface area contributed by atoms with Gasteiger partial charge in [-0.3, -0.25) is 9.89 Å². The van der Waals surface area contributed by atoms with Crippen molar-refractivity contribution < 1.29 is 0 Å². The lowest BCUT2D eigenvalue weighted by Crippen LogP contribution is -2.48. The molecule has 8 heteroatoms. The van der Waals surface area contributed by atoms with Gasteiger partial charge in [-0.15, -0.1) is 24.0 Å². The molecule has 1 aliphatic carbocycles.